The number of benzene rings is 1. The number of hydrogen-bond donors (Lipinski definition) is 2. The van der Waals surface area contributed by atoms with Crippen molar-refractivity contribution in [2.75, 3.05) is 13.1 Å². The zero-order valence-electron chi connectivity index (χ0n) is 13.1. The van der Waals surface area contributed by atoms with E-state index in [-0.39, 0.29) is 23.5 Å². The number of nitrogens with two attached hydrogens (primary N) is 1. The van der Waals surface area contributed by atoms with E-state index in [1.54, 1.807) is 18.2 Å². The Morgan fingerprint density at radius 3 is 3.00 bits per heavy atom. The van der Waals surface area contributed by atoms with Crippen LogP contribution in [0.4, 0.5) is 4.39 Å². The van der Waals surface area contributed by atoms with Crippen molar-refractivity contribution in [3.05, 3.63) is 53.1 Å². The molecular formula is C17H21FN4O. The van der Waals surface area contributed by atoms with Crippen molar-refractivity contribution >= 4 is 5.91 Å². The average molecular weight is 316 g/mol. The van der Waals surface area contributed by atoms with Gasteiger partial charge in [-0.2, -0.15) is 5.10 Å². The van der Waals surface area contributed by atoms with Gasteiger partial charge in [-0.25, -0.2) is 4.39 Å². The number of likely N-dealkylation sites (tertiary alicyclic amines) is 1. The van der Waals surface area contributed by atoms with Gasteiger partial charge in [0.15, 0.2) is 0 Å². The molecule has 23 heavy (non-hydrogen) atoms. The normalized spacial score (nSPS) is 20.3. The summed E-state index contributed by atoms with van der Waals surface area (Å²) in [6, 6.07) is 8.64. The van der Waals surface area contributed by atoms with Crippen LogP contribution in [0, 0.1) is 5.82 Å². The number of nitrogens with one attached hydrogen (secondary N) is 1. The third kappa shape index (κ3) is 3.42. The molecule has 3 rings (SSSR count). The Balaban J connectivity index is 1.73. The van der Waals surface area contributed by atoms with Crippen LogP contribution in [0.5, 0.6) is 0 Å². The lowest BCUT2D eigenvalue weighted by Crippen LogP contribution is -2.36. The summed E-state index contributed by atoms with van der Waals surface area (Å²) in [4.78, 5) is 13.5. The monoisotopic (exact) mass is 316 g/mol. The van der Waals surface area contributed by atoms with E-state index < -0.39 is 5.91 Å². The van der Waals surface area contributed by atoms with Gasteiger partial charge in [0.2, 0.25) is 0 Å². The van der Waals surface area contributed by atoms with E-state index in [2.05, 4.69) is 22.0 Å². The second kappa shape index (κ2) is 6.50. The second-order valence-corrected chi connectivity index (χ2v) is 6.14. The van der Waals surface area contributed by atoms with Crippen molar-refractivity contribution in [1.29, 1.82) is 0 Å². The van der Waals surface area contributed by atoms with Gasteiger partial charge >= 0.3 is 0 Å². The summed E-state index contributed by atoms with van der Waals surface area (Å²) in [6.07, 6.45) is 2.09. The molecule has 5 nitrogen and oxygen atoms in total. The molecule has 0 aliphatic carbocycles. The first-order valence-electron chi connectivity index (χ1n) is 7.89. The van der Waals surface area contributed by atoms with E-state index in [1.807, 2.05) is 6.07 Å². The SMILES string of the molecule is C[C@@H](c1cccc(F)c1)N1CCC[C@H](c2cc(C(N)=O)n[nH]2)C1. The van der Waals surface area contributed by atoms with Crippen LogP contribution in [0.1, 0.15) is 53.5 Å². The summed E-state index contributed by atoms with van der Waals surface area (Å²) in [7, 11) is 0. The summed E-state index contributed by atoms with van der Waals surface area (Å²) in [6.45, 7) is 3.92. The lowest BCUT2D eigenvalue weighted by Gasteiger charge is -2.36. The number of carbonyl (C=O) groups excluding carboxylic acids is 1. The Kier molecular flexibility index (Phi) is 4.43. The Morgan fingerprint density at radius 1 is 1.48 bits per heavy atom. The van der Waals surface area contributed by atoms with Crippen molar-refractivity contribution in [3.63, 3.8) is 0 Å². The van der Waals surface area contributed by atoms with Crippen LogP contribution in [0.15, 0.2) is 30.3 Å². The molecule has 1 saturated heterocycles. The fourth-order valence-electron chi connectivity index (χ4n) is 3.26. The van der Waals surface area contributed by atoms with E-state index in [0.29, 0.717) is 0 Å². The van der Waals surface area contributed by atoms with Gasteiger partial charge < -0.3 is 5.73 Å². The van der Waals surface area contributed by atoms with Gasteiger partial charge in [0.05, 0.1) is 0 Å². The standard InChI is InChI=1S/C17H21FN4O/c1-11(12-4-2-6-14(18)8-12)22-7-3-5-13(10-22)15-9-16(17(19)23)21-20-15/h2,4,6,8-9,11,13H,3,5,7,10H2,1H3,(H2,19,23)(H,20,21)/t11-,13-/m0/s1. The number of piperidine rings is 1. The summed E-state index contributed by atoms with van der Waals surface area (Å²) in [5.41, 5.74) is 7.45. The first-order valence-corrected chi connectivity index (χ1v) is 7.89. The van der Waals surface area contributed by atoms with Crippen LogP contribution in [0.25, 0.3) is 0 Å². The van der Waals surface area contributed by atoms with Crippen molar-refractivity contribution in [2.45, 2.75) is 31.7 Å². The highest BCUT2D eigenvalue weighted by Crippen LogP contribution is 2.31. The first-order chi connectivity index (χ1) is 11.0. The fraction of sp³-hybridized carbons (Fsp3) is 0.412. The lowest BCUT2D eigenvalue weighted by molar-refractivity contribution is 0.0995. The van der Waals surface area contributed by atoms with Gasteiger partial charge in [-0.3, -0.25) is 14.8 Å². The van der Waals surface area contributed by atoms with Crippen LogP contribution in [-0.2, 0) is 0 Å². The van der Waals surface area contributed by atoms with Gasteiger partial charge in [0, 0.05) is 24.2 Å². The topological polar surface area (TPSA) is 75.0 Å². The van der Waals surface area contributed by atoms with Gasteiger partial charge in [-0.05, 0) is 50.1 Å². The summed E-state index contributed by atoms with van der Waals surface area (Å²) in [5.74, 6) is -0.448. The molecule has 1 aromatic carbocycles. The molecule has 2 heterocycles. The van der Waals surface area contributed by atoms with E-state index in [1.165, 1.54) is 6.07 Å². The highest BCUT2D eigenvalue weighted by Gasteiger charge is 2.27. The molecule has 0 spiro atoms. The Bertz CT molecular complexity index is 699. The molecule has 122 valence electrons. The van der Waals surface area contributed by atoms with Crippen molar-refractivity contribution < 1.29 is 9.18 Å². The van der Waals surface area contributed by atoms with E-state index in [9.17, 15) is 9.18 Å². The van der Waals surface area contributed by atoms with Crippen LogP contribution < -0.4 is 5.73 Å². The fourth-order valence-corrected chi connectivity index (χ4v) is 3.26. The number of aromatic nitrogens is 2. The molecule has 1 amide bonds. The molecular weight excluding hydrogens is 295 g/mol. The van der Waals surface area contributed by atoms with Crippen molar-refractivity contribution in [1.82, 2.24) is 15.1 Å². The number of nitrogens with zero attached hydrogens (tertiary/aromatic N) is 2. The van der Waals surface area contributed by atoms with Crippen LogP contribution >= 0.6 is 0 Å². The Morgan fingerprint density at radius 2 is 2.30 bits per heavy atom. The van der Waals surface area contributed by atoms with E-state index >= 15 is 0 Å². The number of hydrogen-bond acceptors (Lipinski definition) is 3. The zero-order chi connectivity index (χ0) is 16.4. The number of carbonyl (C=O) groups is 1. The van der Waals surface area contributed by atoms with E-state index in [4.69, 9.17) is 5.73 Å². The van der Waals surface area contributed by atoms with E-state index in [0.717, 1.165) is 37.2 Å². The summed E-state index contributed by atoms with van der Waals surface area (Å²) >= 11 is 0. The van der Waals surface area contributed by atoms with Gasteiger partial charge in [-0.15, -0.1) is 0 Å². The smallest absolute Gasteiger partial charge is 0.269 e. The molecule has 3 N–H and O–H groups in total. The molecule has 1 fully saturated rings. The van der Waals surface area contributed by atoms with Gasteiger partial charge in [0.1, 0.15) is 11.5 Å². The number of rotatable bonds is 4. The van der Waals surface area contributed by atoms with Crippen LogP contribution in [0.3, 0.4) is 0 Å². The number of aromatic amines is 1. The largest absolute Gasteiger partial charge is 0.364 e. The molecule has 2 atom stereocenters. The predicted molar refractivity (Wildman–Crippen MR) is 85.5 cm³/mol. The van der Waals surface area contributed by atoms with Gasteiger partial charge in [-0.1, -0.05) is 12.1 Å². The molecule has 1 aliphatic rings. The average Bonchev–Trinajstić information content (AvgIpc) is 3.04. The summed E-state index contributed by atoms with van der Waals surface area (Å²) < 4.78 is 13.4. The molecule has 0 saturated carbocycles. The summed E-state index contributed by atoms with van der Waals surface area (Å²) in [5, 5.41) is 6.89. The molecule has 1 aromatic heterocycles. The minimum atomic E-state index is -0.520. The van der Waals surface area contributed by atoms with Crippen molar-refractivity contribution in [3.8, 4) is 0 Å². The van der Waals surface area contributed by atoms with Crippen LogP contribution in [-0.4, -0.2) is 34.1 Å². The highest BCUT2D eigenvalue weighted by atomic mass is 19.1. The maximum atomic E-state index is 13.4. The number of amides is 1. The maximum Gasteiger partial charge on any atom is 0.269 e. The third-order valence-electron chi connectivity index (χ3n) is 4.62. The Hall–Kier alpha value is -2.21. The number of halogens is 1. The Labute approximate surface area is 134 Å². The molecule has 1 aliphatic heterocycles. The quantitative estimate of drug-likeness (QED) is 0.910. The minimum Gasteiger partial charge on any atom is -0.364 e. The first kappa shape index (κ1) is 15.7. The third-order valence-corrected chi connectivity index (χ3v) is 4.62. The van der Waals surface area contributed by atoms with Crippen molar-refractivity contribution in [2.24, 2.45) is 5.73 Å². The second-order valence-electron chi connectivity index (χ2n) is 6.14. The molecule has 6 heteroatoms. The maximum absolute atomic E-state index is 13.4. The molecule has 0 unspecified atom stereocenters. The predicted octanol–water partition coefficient (Wildman–Crippen LogP) is 2.59. The van der Waals surface area contributed by atoms with Crippen LogP contribution in [0.2, 0.25) is 0 Å². The minimum absolute atomic E-state index is 0.145. The molecule has 2 aromatic rings. The number of H-pyrrole nitrogens is 1. The highest BCUT2D eigenvalue weighted by molar-refractivity contribution is 5.90. The molecule has 0 radical (unpaired) electrons. The molecule has 0 bridgehead atoms. The number of primary amides is 1. The van der Waals surface area contributed by atoms with Gasteiger partial charge in [0.25, 0.3) is 5.91 Å². The lowest BCUT2D eigenvalue weighted by atomic mass is 9.92. The zero-order valence-corrected chi connectivity index (χ0v) is 13.1.